The Hall–Kier alpha value is -1.66. The summed E-state index contributed by atoms with van der Waals surface area (Å²) in [5, 5.41) is 0. The van der Waals surface area contributed by atoms with Crippen molar-refractivity contribution in [2.45, 2.75) is 19.9 Å². The molecule has 1 unspecified atom stereocenters. The van der Waals surface area contributed by atoms with Crippen LogP contribution in [-0.4, -0.2) is 23.2 Å². The standard InChI is InChI=1S/C12H13NO4S/c1-8(2)10-11(9-6-4-3-5-7-9)13(12(10)14)18(15,16)17/h3-7,11H,1-2H3,(H,15,16,17)/p-1. The normalized spacial score (nSPS) is 19.7. The Balaban J connectivity index is 2.54. The predicted octanol–water partition coefficient (Wildman–Crippen LogP) is 1.37. The maximum absolute atomic E-state index is 11.7. The molecule has 1 aromatic carbocycles. The fourth-order valence-electron chi connectivity index (χ4n) is 2.06. The van der Waals surface area contributed by atoms with E-state index in [-0.39, 0.29) is 0 Å². The molecule has 1 atom stereocenters. The van der Waals surface area contributed by atoms with Crippen molar-refractivity contribution in [1.82, 2.24) is 4.31 Å². The minimum atomic E-state index is -4.78. The van der Waals surface area contributed by atoms with Gasteiger partial charge in [0.05, 0.1) is 0 Å². The van der Waals surface area contributed by atoms with Crippen LogP contribution in [0.15, 0.2) is 41.5 Å². The summed E-state index contributed by atoms with van der Waals surface area (Å²) >= 11 is 0. The number of β-lactam (4-membered cyclic amide) rings is 1. The number of allylic oxidation sites excluding steroid dienone is 1. The van der Waals surface area contributed by atoms with Gasteiger partial charge in [-0.15, -0.1) is 0 Å². The van der Waals surface area contributed by atoms with Crippen molar-refractivity contribution in [3.8, 4) is 0 Å². The molecule has 5 nitrogen and oxygen atoms in total. The Kier molecular flexibility index (Phi) is 3.00. The predicted molar refractivity (Wildman–Crippen MR) is 64.1 cm³/mol. The number of nitrogens with zero attached hydrogens (tertiary/aromatic N) is 1. The van der Waals surface area contributed by atoms with Crippen LogP contribution < -0.4 is 0 Å². The Labute approximate surface area is 106 Å². The molecule has 0 spiro atoms. The Morgan fingerprint density at radius 2 is 1.78 bits per heavy atom. The second-order valence-corrected chi connectivity index (χ2v) is 5.53. The van der Waals surface area contributed by atoms with Crippen LogP contribution in [0.4, 0.5) is 0 Å². The molecule has 1 heterocycles. The van der Waals surface area contributed by atoms with Crippen LogP contribution in [0.1, 0.15) is 25.5 Å². The van der Waals surface area contributed by atoms with Gasteiger partial charge in [-0.2, -0.15) is 0 Å². The van der Waals surface area contributed by atoms with Crippen LogP contribution >= 0.6 is 0 Å². The molecule has 96 valence electrons. The molecule has 0 radical (unpaired) electrons. The van der Waals surface area contributed by atoms with Crippen LogP contribution in [-0.2, 0) is 15.1 Å². The van der Waals surface area contributed by atoms with E-state index in [1.165, 1.54) is 0 Å². The number of rotatable bonds is 2. The summed E-state index contributed by atoms with van der Waals surface area (Å²) in [6.07, 6.45) is 0. The molecule has 1 aliphatic rings. The van der Waals surface area contributed by atoms with Crippen molar-refractivity contribution < 1.29 is 17.8 Å². The molecule has 6 heteroatoms. The lowest BCUT2D eigenvalue weighted by atomic mass is 9.88. The number of carbonyl (C=O) groups excluding carboxylic acids is 1. The quantitative estimate of drug-likeness (QED) is 0.460. The second-order valence-electron chi connectivity index (χ2n) is 4.29. The Morgan fingerprint density at radius 1 is 1.22 bits per heavy atom. The minimum absolute atomic E-state index is 0.376. The van der Waals surface area contributed by atoms with E-state index in [4.69, 9.17) is 0 Å². The van der Waals surface area contributed by atoms with Crippen LogP contribution in [0, 0.1) is 0 Å². The molecule has 1 amide bonds. The van der Waals surface area contributed by atoms with Gasteiger partial charge < -0.3 is 4.55 Å². The van der Waals surface area contributed by atoms with E-state index < -0.39 is 22.3 Å². The van der Waals surface area contributed by atoms with E-state index in [1.54, 1.807) is 44.2 Å². The first-order valence-electron chi connectivity index (χ1n) is 5.36. The monoisotopic (exact) mass is 266 g/mol. The van der Waals surface area contributed by atoms with Crippen molar-refractivity contribution in [2.24, 2.45) is 0 Å². The first kappa shape index (κ1) is 12.8. The maximum atomic E-state index is 11.7. The zero-order valence-corrected chi connectivity index (χ0v) is 10.8. The Morgan fingerprint density at radius 3 is 2.22 bits per heavy atom. The summed E-state index contributed by atoms with van der Waals surface area (Å²) in [6.45, 7) is 3.44. The molecule has 0 bridgehead atoms. The van der Waals surface area contributed by atoms with E-state index in [9.17, 15) is 17.8 Å². The lowest BCUT2D eigenvalue weighted by Gasteiger charge is -2.44. The van der Waals surface area contributed by atoms with Crippen molar-refractivity contribution in [2.75, 3.05) is 0 Å². The summed E-state index contributed by atoms with van der Waals surface area (Å²) < 4.78 is 33.7. The molecule has 18 heavy (non-hydrogen) atoms. The fraction of sp³-hybridized carbons (Fsp3) is 0.250. The van der Waals surface area contributed by atoms with Crippen LogP contribution in [0.2, 0.25) is 0 Å². The molecule has 1 aliphatic heterocycles. The van der Waals surface area contributed by atoms with Gasteiger partial charge >= 0.3 is 0 Å². The number of amides is 1. The van der Waals surface area contributed by atoms with E-state index in [0.29, 0.717) is 21.0 Å². The molecule has 1 fully saturated rings. The molecule has 0 aliphatic carbocycles. The van der Waals surface area contributed by atoms with E-state index >= 15 is 0 Å². The average molecular weight is 266 g/mol. The smallest absolute Gasteiger partial charge is 0.265 e. The summed E-state index contributed by atoms with van der Waals surface area (Å²) in [5.74, 6) is -0.723. The molecule has 1 aromatic rings. The van der Waals surface area contributed by atoms with Gasteiger partial charge in [0.15, 0.2) is 10.3 Å². The number of hydrogen-bond acceptors (Lipinski definition) is 4. The van der Waals surface area contributed by atoms with Crippen molar-refractivity contribution in [1.29, 1.82) is 0 Å². The highest BCUT2D eigenvalue weighted by atomic mass is 32.2. The van der Waals surface area contributed by atoms with Gasteiger partial charge in [0.1, 0.15) is 6.04 Å². The summed E-state index contributed by atoms with van der Waals surface area (Å²) in [6, 6.07) is 7.84. The van der Waals surface area contributed by atoms with Crippen LogP contribution in [0.25, 0.3) is 0 Å². The van der Waals surface area contributed by atoms with Crippen LogP contribution in [0.5, 0.6) is 0 Å². The lowest BCUT2D eigenvalue weighted by molar-refractivity contribution is -0.130. The summed E-state index contributed by atoms with van der Waals surface area (Å²) in [7, 11) is -4.78. The van der Waals surface area contributed by atoms with Crippen molar-refractivity contribution in [3.05, 3.63) is 47.0 Å². The van der Waals surface area contributed by atoms with Gasteiger partial charge in [-0.3, -0.25) is 4.79 Å². The molecular formula is C12H12NO4S-. The number of hydrogen-bond donors (Lipinski definition) is 0. The van der Waals surface area contributed by atoms with Crippen molar-refractivity contribution >= 4 is 16.2 Å². The third-order valence-electron chi connectivity index (χ3n) is 2.83. The third kappa shape index (κ3) is 1.93. The molecule has 2 rings (SSSR count). The van der Waals surface area contributed by atoms with Gasteiger partial charge in [-0.25, -0.2) is 12.7 Å². The molecule has 0 N–H and O–H groups in total. The van der Waals surface area contributed by atoms with Crippen LogP contribution in [0.3, 0.4) is 0 Å². The second kappa shape index (κ2) is 4.22. The topological polar surface area (TPSA) is 77.5 Å². The number of carbonyl (C=O) groups is 1. The zero-order valence-electron chi connectivity index (χ0n) is 9.95. The lowest BCUT2D eigenvalue weighted by Crippen LogP contribution is -2.52. The Bertz CT molecular complexity index is 615. The maximum Gasteiger partial charge on any atom is 0.265 e. The van der Waals surface area contributed by atoms with E-state index in [1.807, 2.05) is 0 Å². The molecule has 0 aromatic heterocycles. The highest BCUT2D eigenvalue weighted by Gasteiger charge is 2.47. The zero-order chi connectivity index (χ0) is 13.5. The largest absolute Gasteiger partial charge is 0.731 e. The van der Waals surface area contributed by atoms with Gasteiger partial charge in [0, 0.05) is 5.57 Å². The van der Waals surface area contributed by atoms with Gasteiger partial charge in [-0.1, -0.05) is 35.9 Å². The van der Waals surface area contributed by atoms with E-state index in [2.05, 4.69) is 0 Å². The first-order chi connectivity index (χ1) is 8.34. The SMILES string of the molecule is CC(C)=C1C(=O)N(S(=O)(=O)[O-])C1c1ccccc1. The molecule has 0 saturated carbocycles. The fourth-order valence-corrected chi connectivity index (χ4v) is 2.85. The highest BCUT2D eigenvalue weighted by molar-refractivity contribution is 7.84. The van der Waals surface area contributed by atoms with Gasteiger partial charge in [-0.05, 0) is 19.4 Å². The highest BCUT2D eigenvalue weighted by Crippen LogP contribution is 2.42. The van der Waals surface area contributed by atoms with E-state index in [0.717, 1.165) is 0 Å². The number of benzene rings is 1. The average Bonchev–Trinajstić information content (AvgIpc) is 2.24. The molecular weight excluding hydrogens is 254 g/mol. The third-order valence-corrected chi connectivity index (χ3v) is 3.69. The minimum Gasteiger partial charge on any atom is -0.731 e. The summed E-state index contributed by atoms with van der Waals surface area (Å²) in [4.78, 5) is 11.7. The van der Waals surface area contributed by atoms with Gasteiger partial charge in [0.2, 0.25) is 0 Å². The molecule has 1 saturated heterocycles. The van der Waals surface area contributed by atoms with Crippen molar-refractivity contribution in [3.63, 3.8) is 0 Å². The van der Waals surface area contributed by atoms with Gasteiger partial charge in [0.25, 0.3) is 5.91 Å². The first-order valence-corrected chi connectivity index (χ1v) is 6.72. The summed E-state index contributed by atoms with van der Waals surface area (Å²) in [5.41, 5.74) is 1.71.